The standard InChI is InChI=1S/C20H23FN2O4S.ClH/c21-19-3-1-9-22-20(19)8-16-28(24,25)18-6-4-17(5-7-18)27-13-2-10-23-11-14-26-15-12-23;/h1,3-9,16H,2,10-15H2;1H/b16-8+;. The third kappa shape index (κ3) is 7.08. The Morgan fingerprint density at radius 3 is 2.59 bits per heavy atom. The van der Waals surface area contributed by atoms with Crippen molar-refractivity contribution >= 4 is 28.3 Å². The first-order chi connectivity index (χ1) is 13.5. The van der Waals surface area contributed by atoms with Crippen molar-refractivity contribution in [1.82, 2.24) is 9.88 Å². The molecule has 0 saturated carbocycles. The number of morpholine rings is 1. The van der Waals surface area contributed by atoms with Crippen LogP contribution in [0.2, 0.25) is 0 Å². The van der Waals surface area contributed by atoms with Crippen molar-refractivity contribution < 1.29 is 22.3 Å². The molecule has 0 amide bonds. The normalized spacial score (nSPS) is 15.2. The molecule has 0 N–H and O–H groups in total. The van der Waals surface area contributed by atoms with E-state index in [1.807, 2.05) is 0 Å². The molecular weight excluding hydrogens is 419 g/mol. The number of pyridine rings is 1. The van der Waals surface area contributed by atoms with E-state index in [1.54, 1.807) is 12.1 Å². The van der Waals surface area contributed by atoms with Crippen molar-refractivity contribution in [1.29, 1.82) is 0 Å². The van der Waals surface area contributed by atoms with Gasteiger partial charge in [-0.2, -0.15) is 0 Å². The molecule has 6 nitrogen and oxygen atoms in total. The lowest BCUT2D eigenvalue weighted by Crippen LogP contribution is -2.37. The molecule has 0 aliphatic carbocycles. The summed E-state index contributed by atoms with van der Waals surface area (Å²) < 4.78 is 49.3. The average molecular weight is 443 g/mol. The summed E-state index contributed by atoms with van der Waals surface area (Å²) in [6.07, 6.45) is 3.44. The van der Waals surface area contributed by atoms with Gasteiger partial charge in [-0.25, -0.2) is 12.8 Å². The van der Waals surface area contributed by atoms with Gasteiger partial charge in [0.05, 0.1) is 30.4 Å². The zero-order valence-electron chi connectivity index (χ0n) is 15.9. The van der Waals surface area contributed by atoms with Gasteiger partial charge in [0, 0.05) is 31.2 Å². The number of hydrogen-bond acceptors (Lipinski definition) is 6. The van der Waals surface area contributed by atoms with Crippen molar-refractivity contribution in [2.45, 2.75) is 11.3 Å². The Labute approximate surface area is 176 Å². The molecular formula is C20H24ClFN2O4S. The summed E-state index contributed by atoms with van der Waals surface area (Å²) in [6.45, 7) is 4.95. The Kier molecular flexibility index (Phi) is 9.03. The Bertz CT molecular complexity index is 901. The molecule has 29 heavy (non-hydrogen) atoms. The quantitative estimate of drug-likeness (QED) is 0.585. The molecule has 1 saturated heterocycles. The maximum atomic E-state index is 13.6. The third-order valence-corrected chi connectivity index (χ3v) is 5.76. The number of sulfone groups is 1. The second kappa shape index (κ2) is 11.3. The summed E-state index contributed by atoms with van der Waals surface area (Å²) in [5.41, 5.74) is -0.0219. The molecule has 0 bridgehead atoms. The van der Waals surface area contributed by atoms with Crippen LogP contribution in [-0.4, -0.2) is 57.8 Å². The largest absolute Gasteiger partial charge is 0.494 e. The molecule has 0 radical (unpaired) electrons. The van der Waals surface area contributed by atoms with Crippen LogP contribution in [0.3, 0.4) is 0 Å². The Morgan fingerprint density at radius 2 is 1.90 bits per heavy atom. The monoisotopic (exact) mass is 442 g/mol. The first kappa shape index (κ1) is 23.3. The summed E-state index contributed by atoms with van der Waals surface area (Å²) in [4.78, 5) is 6.25. The van der Waals surface area contributed by atoms with Crippen LogP contribution in [0, 0.1) is 5.82 Å². The van der Waals surface area contributed by atoms with Crippen LogP contribution < -0.4 is 4.74 Å². The van der Waals surface area contributed by atoms with E-state index in [-0.39, 0.29) is 23.0 Å². The lowest BCUT2D eigenvalue weighted by Gasteiger charge is -2.26. The fraction of sp³-hybridized carbons (Fsp3) is 0.350. The molecule has 0 unspecified atom stereocenters. The number of nitrogens with zero attached hydrogens (tertiary/aromatic N) is 2. The number of rotatable bonds is 8. The summed E-state index contributed by atoms with van der Waals surface area (Å²) >= 11 is 0. The van der Waals surface area contributed by atoms with Gasteiger partial charge in [0.15, 0.2) is 9.84 Å². The van der Waals surface area contributed by atoms with Crippen molar-refractivity contribution in [3.05, 3.63) is 59.5 Å². The molecule has 1 aromatic heterocycles. The third-order valence-electron chi connectivity index (χ3n) is 4.34. The van der Waals surface area contributed by atoms with E-state index in [9.17, 15) is 12.8 Å². The van der Waals surface area contributed by atoms with Crippen molar-refractivity contribution in [2.75, 3.05) is 39.5 Å². The number of hydrogen-bond donors (Lipinski definition) is 0. The van der Waals surface area contributed by atoms with Gasteiger partial charge in [-0.05, 0) is 48.9 Å². The molecule has 0 spiro atoms. The van der Waals surface area contributed by atoms with E-state index < -0.39 is 15.7 Å². The van der Waals surface area contributed by atoms with Gasteiger partial charge in [-0.1, -0.05) is 0 Å². The van der Waals surface area contributed by atoms with Gasteiger partial charge < -0.3 is 9.47 Å². The molecule has 1 fully saturated rings. The number of halogens is 2. The van der Waals surface area contributed by atoms with Gasteiger partial charge in [0.1, 0.15) is 11.6 Å². The highest BCUT2D eigenvalue weighted by Gasteiger charge is 2.12. The molecule has 1 aliphatic rings. The molecule has 9 heteroatoms. The van der Waals surface area contributed by atoms with Crippen molar-refractivity contribution in [3.63, 3.8) is 0 Å². The van der Waals surface area contributed by atoms with E-state index in [4.69, 9.17) is 9.47 Å². The number of aromatic nitrogens is 1. The summed E-state index contributed by atoms with van der Waals surface area (Å²) in [5.74, 6) is 0.0375. The Hall–Kier alpha value is -2.00. The molecule has 1 aromatic carbocycles. The van der Waals surface area contributed by atoms with Gasteiger partial charge >= 0.3 is 0 Å². The van der Waals surface area contributed by atoms with Crippen LogP contribution in [-0.2, 0) is 14.6 Å². The van der Waals surface area contributed by atoms with E-state index in [2.05, 4.69) is 9.88 Å². The molecule has 0 atom stereocenters. The topological polar surface area (TPSA) is 68.7 Å². The summed E-state index contributed by atoms with van der Waals surface area (Å²) in [6, 6.07) is 8.87. The minimum Gasteiger partial charge on any atom is -0.494 e. The van der Waals surface area contributed by atoms with Crippen LogP contribution in [0.25, 0.3) is 6.08 Å². The SMILES string of the molecule is Cl.O=S(=O)(/C=C/c1ncccc1F)c1ccc(OCCCN2CCOCC2)cc1. The first-order valence-electron chi connectivity index (χ1n) is 9.11. The highest BCUT2D eigenvalue weighted by molar-refractivity contribution is 7.94. The lowest BCUT2D eigenvalue weighted by molar-refractivity contribution is 0.0358. The highest BCUT2D eigenvalue weighted by Crippen LogP contribution is 2.19. The van der Waals surface area contributed by atoms with Crippen LogP contribution in [0.4, 0.5) is 4.39 Å². The van der Waals surface area contributed by atoms with Crippen LogP contribution in [0.5, 0.6) is 5.75 Å². The van der Waals surface area contributed by atoms with E-state index in [1.165, 1.54) is 30.5 Å². The highest BCUT2D eigenvalue weighted by atomic mass is 35.5. The van der Waals surface area contributed by atoms with Crippen LogP contribution in [0.15, 0.2) is 52.9 Å². The average Bonchev–Trinajstić information content (AvgIpc) is 2.72. The first-order valence-corrected chi connectivity index (χ1v) is 10.7. The van der Waals surface area contributed by atoms with Gasteiger partial charge in [0.2, 0.25) is 0 Å². The maximum Gasteiger partial charge on any atom is 0.199 e. The fourth-order valence-corrected chi connectivity index (χ4v) is 3.76. The van der Waals surface area contributed by atoms with E-state index in [0.717, 1.165) is 50.8 Å². The molecule has 1 aliphatic heterocycles. The molecule has 2 aromatic rings. The predicted molar refractivity (Wildman–Crippen MR) is 111 cm³/mol. The van der Waals surface area contributed by atoms with Crippen LogP contribution in [0.1, 0.15) is 12.1 Å². The minimum absolute atomic E-state index is 0. The maximum absolute atomic E-state index is 13.6. The predicted octanol–water partition coefficient (Wildman–Crippen LogP) is 3.19. The number of benzene rings is 1. The lowest BCUT2D eigenvalue weighted by atomic mass is 10.3. The van der Waals surface area contributed by atoms with Gasteiger partial charge in [-0.15, -0.1) is 12.4 Å². The smallest absolute Gasteiger partial charge is 0.199 e. The minimum atomic E-state index is -3.69. The fourth-order valence-electron chi connectivity index (χ4n) is 2.78. The van der Waals surface area contributed by atoms with Crippen LogP contribution >= 0.6 is 12.4 Å². The molecule has 3 rings (SSSR count). The van der Waals surface area contributed by atoms with E-state index in [0.29, 0.717) is 12.4 Å². The van der Waals surface area contributed by atoms with Gasteiger partial charge in [-0.3, -0.25) is 9.88 Å². The van der Waals surface area contributed by atoms with Crippen molar-refractivity contribution in [3.8, 4) is 5.75 Å². The zero-order valence-corrected chi connectivity index (χ0v) is 17.5. The number of ether oxygens (including phenoxy) is 2. The van der Waals surface area contributed by atoms with Crippen molar-refractivity contribution in [2.24, 2.45) is 0 Å². The van der Waals surface area contributed by atoms with E-state index >= 15 is 0 Å². The summed E-state index contributed by atoms with van der Waals surface area (Å²) in [7, 11) is -3.69. The second-order valence-corrected chi connectivity index (χ2v) is 8.18. The second-order valence-electron chi connectivity index (χ2n) is 6.35. The Morgan fingerprint density at radius 1 is 1.17 bits per heavy atom. The summed E-state index contributed by atoms with van der Waals surface area (Å²) in [5, 5.41) is 0.955. The van der Waals surface area contributed by atoms with Gasteiger partial charge in [0.25, 0.3) is 0 Å². The zero-order chi connectivity index (χ0) is 19.8. The molecule has 158 valence electrons. The Balaban J connectivity index is 0.00000300. The molecule has 2 heterocycles.